The number of esters is 1. The molecule has 0 bridgehead atoms. The number of nitrogens with zero attached hydrogens (tertiary/aromatic N) is 2. The van der Waals surface area contributed by atoms with Gasteiger partial charge in [-0.15, -0.1) is 0 Å². The Morgan fingerprint density at radius 3 is 2.54 bits per heavy atom. The van der Waals surface area contributed by atoms with Crippen LogP contribution in [0.4, 0.5) is 9.18 Å². The number of carbonyl (C=O) groups excluding carboxylic acids is 3. The molecule has 0 atom stereocenters. The Labute approximate surface area is 166 Å². The molecular formula is C20H19FN2O4S. The monoisotopic (exact) mass is 402 g/mol. The van der Waals surface area contributed by atoms with Gasteiger partial charge in [-0.3, -0.25) is 19.3 Å². The number of aromatic nitrogens is 1. The van der Waals surface area contributed by atoms with E-state index in [1.54, 1.807) is 25.1 Å². The molecule has 6 nitrogen and oxygen atoms in total. The van der Waals surface area contributed by atoms with Gasteiger partial charge in [0, 0.05) is 17.1 Å². The van der Waals surface area contributed by atoms with Crippen LogP contribution in [0.1, 0.15) is 23.9 Å². The van der Waals surface area contributed by atoms with E-state index >= 15 is 0 Å². The zero-order valence-electron chi connectivity index (χ0n) is 15.7. The molecule has 2 heterocycles. The van der Waals surface area contributed by atoms with Crippen molar-refractivity contribution in [3.8, 4) is 5.69 Å². The highest BCUT2D eigenvalue weighted by molar-refractivity contribution is 8.18. The summed E-state index contributed by atoms with van der Waals surface area (Å²) >= 11 is 0.790. The van der Waals surface area contributed by atoms with E-state index in [1.807, 2.05) is 24.5 Å². The van der Waals surface area contributed by atoms with Crippen LogP contribution in [0.25, 0.3) is 11.8 Å². The second-order valence-corrected chi connectivity index (χ2v) is 7.20. The minimum atomic E-state index is -0.625. The molecule has 0 unspecified atom stereocenters. The summed E-state index contributed by atoms with van der Waals surface area (Å²) in [4.78, 5) is 37.4. The van der Waals surface area contributed by atoms with Crippen LogP contribution >= 0.6 is 11.8 Å². The number of aryl methyl sites for hydroxylation is 1. The van der Waals surface area contributed by atoms with Crippen molar-refractivity contribution in [3.63, 3.8) is 0 Å². The van der Waals surface area contributed by atoms with Crippen LogP contribution in [-0.2, 0) is 14.3 Å². The van der Waals surface area contributed by atoms with Crippen molar-refractivity contribution in [1.29, 1.82) is 0 Å². The third-order valence-electron chi connectivity index (χ3n) is 4.31. The van der Waals surface area contributed by atoms with Gasteiger partial charge in [0.2, 0.25) is 0 Å². The van der Waals surface area contributed by atoms with Crippen LogP contribution in [0, 0.1) is 19.7 Å². The van der Waals surface area contributed by atoms with Crippen molar-refractivity contribution >= 4 is 35.0 Å². The van der Waals surface area contributed by atoms with Gasteiger partial charge in [0.05, 0.1) is 11.5 Å². The third kappa shape index (κ3) is 3.87. The van der Waals surface area contributed by atoms with Crippen LogP contribution in [0.15, 0.2) is 35.2 Å². The average molecular weight is 402 g/mol. The number of hydrogen-bond acceptors (Lipinski definition) is 5. The summed E-state index contributed by atoms with van der Waals surface area (Å²) in [6, 6.07) is 8.00. The van der Waals surface area contributed by atoms with E-state index in [0.717, 1.165) is 39.3 Å². The Morgan fingerprint density at radius 1 is 1.21 bits per heavy atom. The maximum atomic E-state index is 13.2. The number of rotatable bonds is 5. The lowest BCUT2D eigenvalue weighted by Crippen LogP contribution is -2.34. The number of hydrogen-bond donors (Lipinski definition) is 0. The molecule has 2 amide bonds. The number of thioether (sulfide) groups is 1. The summed E-state index contributed by atoms with van der Waals surface area (Å²) in [6.45, 7) is 5.22. The molecule has 0 aliphatic carbocycles. The molecule has 1 aromatic heterocycles. The first-order chi connectivity index (χ1) is 13.3. The quantitative estimate of drug-likeness (QED) is 0.562. The van der Waals surface area contributed by atoms with E-state index in [1.165, 1.54) is 12.1 Å². The van der Waals surface area contributed by atoms with Gasteiger partial charge in [-0.25, -0.2) is 4.39 Å². The van der Waals surface area contributed by atoms with Gasteiger partial charge in [0.1, 0.15) is 12.4 Å². The van der Waals surface area contributed by atoms with Crippen molar-refractivity contribution in [2.24, 2.45) is 0 Å². The maximum Gasteiger partial charge on any atom is 0.326 e. The fraction of sp³-hybridized carbons (Fsp3) is 0.250. The lowest BCUT2D eigenvalue weighted by Gasteiger charge is -2.10. The Hall–Kier alpha value is -2.87. The molecule has 1 aliphatic heterocycles. The molecule has 1 aromatic carbocycles. The number of amides is 2. The van der Waals surface area contributed by atoms with Crippen LogP contribution in [0.3, 0.4) is 0 Å². The highest BCUT2D eigenvalue weighted by Gasteiger charge is 2.36. The summed E-state index contributed by atoms with van der Waals surface area (Å²) in [7, 11) is 0. The minimum absolute atomic E-state index is 0.181. The smallest absolute Gasteiger partial charge is 0.326 e. The van der Waals surface area contributed by atoms with Crippen LogP contribution < -0.4 is 0 Å². The molecular weight excluding hydrogens is 383 g/mol. The fourth-order valence-electron chi connectivity index (χ4n) is 3.03. The van der Waals surface area contributed by atoms with Gasteiger partial charge in [-0.05, 0) is 74.5 Å². The zero-order chi connectivity index (χ0) is 20.4. The third-order valence-corrected chi connectivity index (χ3v) is 5.22. The minimum Gasteiger partial charge on any atom is -0.465 e. The van der Waals surface area contributed by atoms with E-state index < -0.39 is 23.7 Å². The highest BCUT2D eigenvalue weighted by Crippen LogP contribution is 2.33. The first-order valence-electron chi connectivity index (χ1n) is 8.67. The van der Waals surface area contributed by atoms with Crippen LogP contribution in [-0.4, -0.2) is 39.7 Å². The molecule has 28 heavy (non-hydrogen) atoms. The van der Waals surface area contributed by atoms with E-state index in [9.17, 15) is 18.8 Å². The second-order valence-electron chi connectivity index (χ2n) is 6.21. The second kappa shape index (κ2) is 8.02. The van der Waals surface area contributed by atoms with Gasteiger partial charge in [-0.1, -0.05) is 0 Å². The summed E-state index contributed by atoms with van der Waals surface area (Å²) in [5, 5.41) is -0.503. The Kier molecular flexibility index (Phi) is 5.69. The van der Waals surface area contributed by atoms with E-state index in [0.29, 0.717) is 0 Å². The normalized spacial score (nSPS) is 15.6. The molecule has 0 N–H and O–H groups in total. The number of carbonyl (C=O) groups is 3. The summed E-state index contributed by atoms with van der Waals surface area (Å²) in [5.41, 5.74) is 3.32. The van der Waals surface area contributed by atoms with E-state index in [-0.39, 0.29) is 17.3 Å². The highest BCUT2D eigenvalue weighted by atomic mass is 32.2. The molecule has 1 fully saturated rings. The Bertz CT molecular complexity index is 979. The van der Waals surface area contributed by atoms with Crippen LogP contribution in [0.5, 0.6) is 0 Å². The topological polar surface area (TPSA) is 68.6 Å². The van der Waals surface area contributed by atoms with Gasteiger partial charge in [-0.2, -0.15) is 0 Å². The first-order valence-corrected chi connectivity index (χ1v) is 9.49. The molecule has 8 heteroatoms. The molecule has 2 aromatic rings. The van der Waals surface area contributed by atoms with Crippen molar-refractivity contribution in [2.75, 3.05) is 13.2 Å². The molecule has 0 spiro atoms. The molecule has 0 saturated carbocycles. The van der Waals surface area contributed by atoms with E-state index in [4.69, 9.17) is 4.74 Å². The molecule has 1 aliphatic rings. The van der Waals surface area contributed by atoms with Gasteiger partial charge in [0.25, 0.3) is 11.1 Å². The SMILES string of the molecule is CCOC(=O)CN1C(=O)S/C(=C/c2cc(C)n(-c3ccc(F)cc3)c2C)C1=O. The van der Waals surface area contributed by atoms with Crippen LogP contribution in [0.2, 0.25) is 0 Å². The average Bonchev–Trinajstić information content (AvgIpc) is 3.06. The Balaban J connectivity index is 1.89. The maximum absolute atomic E-state index is 13.2. The van der Waals surface area contributed by atoms with Crippen molar-refractivity contribution in [3.05, 3.63) is 58.0 Å². The fourth-order valence-corrected chi connectivity index (χ4v) is 3.86. The van der Waals surface area contributed by atoms with E-state index in [2.05, 4.69) is 0 Å². The summed E-state index contributed by atoms with van der Waals surface area (Å²) < 4.78 is 20.0. The summed E-state index contributed by atoms with van der Waals surface area (Å²) in [6.07, 6.45) is 1.64. The molecule has 3 rings (SSSR count). The largest absolute Gasteiger partial charge is 0.465 e. The zero-order valence-corrected chi connectivity index (χ0v) is 16.5. The van der Waals surface area contributed by atoms with Gasteiger partial charge < -0.3 is 9.30 Å². The number of halogens is 1. The lowest BCUT2D eigenvalue weighted by atomic mass is 10.2. The predicted molar refractivity (Wildman–Crippen MR) is 105 cm³/mol. The number of imide groups is 1. The molecule has 146 valence electrons. The molecule has 0 radical (unpaired) electrons. The number of benzene rings is 1. The Morgan fingerprint density at radius 2 is 1.89 bits per heavy atom. The molecule has 1 saturated heterocycles. The van der Waals surface area contributed by atoms with Crippen molar-refractivity contribution in [2.45, 2.75) is 20.8 Å². The predicted octanol–water partition coefficient (Wildman–Crippen LogP) is 3.83. The first kappa shape index (κ1) is 19.9. The van der Waals surface area contributed by atoms with Crippen molar-refractivity contribution in [1.82, 2.24) is 9.47 Å². The summed E-state index contributed by atoms with van der Waals surface area (Å²) in [5.74, 6) is -1.46. The van der Waals surface area contributed by atoms with Crippen molar-refractivity contribution < 1.29 is 23.5 Å². The standard InChI is InChI=1S/C20H19FN2O4S/c1-4-27-18(24)11-22-19(25)17(28-20(22)26)10-14-9-12(2)23(13(14)3)16-7-5-15(21)6-8-16/h5-10H,4,11H2,1-3H3/b17-10+. The van der Waals surface area contributed by atoms with Gasteiger partial charge >= 0.3 is 5.97 Å². The lowest BCUT2D eigenvalue weighted by molar-refractivity contribution is -0.145. The van der Waals surface area contributed by atoms with Gasteiger partial charge in [0.15, 0.2) is 0 Å². The number of ether oxygens (including phenoxy) is 1.